The molecule has 0 aliphatic rings. The summed E-state index contributed by atoms with van der Waals surface area (Å²) in [5.74, 6) is 0. The Morgan fingerprint density at radius 2 is 2.11 bits per heavy atom. The molecule has 0 N–H and O–H groups in total. The van der Waals surface area contributed by atoms with Gasteiger partial charge in [-0.05, 0) is 19.3 Å². The minimum Gasteiger partial charge on any atom is -0.198 e. The number of hydrogen-bond donors (Lipinski definition) is 0. The minimum atomic E-state index is 0.705. The summed E-state index contributed by atoms with van der Waals surface area (Å²) in [6.07, 6.45) is 7.12. The van der Waals surface area contributed by atoms with E-state index in [1.54, 1.807) is 0 Å². The van der Waals surface area contributed by atoms with E-state index >= 15 is 0 Å². The average molecular weight is 123 g/mol. The van der Waals surface area contributed by atoms with Crippen LogP contribution in [0.1, 0.15) is 32.1 Å². The van der Waals surface area contributed by atoms with Gasteiger partial charge in [-0.25, -0.2) is 0 Å². The Hall–Kier alpha value is -0.770. The van der Waals surface area contributed by atoms with Gasteiger partial charge in [0.15, 0.2) is 0 Å². The van der Waals surface area contributed by atoms with E-state index in [0.717, 1.165) is 12.8 Å². The first-order chi connectivity index (χ1) is 4.41. The van der Waals surface area contributed by atoms with Crippen molar-refractivity contribution in [2.24, 2.45) is 0 Å². The first kappa shape index (κ1) is 8.23. The van der Waals surface area contributed by atoms with Gasteiger partial charge in [-0.2, -0.15) is 5.26 Å². The van der Waals surface area contributed by atoms with Crippen LogP contribution in [0.4, 0.5) is 0 Å². The highest BCUT2D eigenvalue weighted by molar-refractivity contribution is 4.69. The van der Waals surface area contributed by atoms with Gasteiger partial charge >= 0.3 is 0 Å². The Morgan fingerprint density at radius 1 is 1.33 bits per heavy atom. The van der Waals surface area contributed by atoms with E-state index in [1.807, 2.05) is 6.08 Å². The Labute approximate surface area is 57.0 Å². The van der Waals surface area contributed by atoms with E-state index in [1.165, 1.54) is 12.8 Å². The van der Waals surface area contributed by atoms with Crippen LogP contribution >= 0.6 is 0 Å². The van der Waals surface area contributed by atoms with E-state index < -0.39 is 0 Å². The van der Waals surface area contributed by atoms with Crippen molar-refractivity contribution in [3.8, 4) is 6.07 Å². The fourth-order valence-corrected chi connectivity index (χ4v) is 0.670. The molecule has 1 heteroatoms. The maximum absolute atomic E-state index is 8.15. The topological polar surface area (TPSA) is 23.8 Å². The van der Waals surface area contributed by atoms with Gasteiger partial charge in [-0.3, -0.25) is 0 Å². The molecule has 0 bridgehead atoms. The highest BCUT2D eigenvalue weighted by Gasteiger charge is 1.84. The van der Waals surface area contributed by atoms with Crippen LogP contribution in [0.15, 0.2) is 12.7 Å². The molecular formula is C8H13N. The van der Waals surface area contributed by atoms with E-state index in [9.17, 15) is 0 Å². The van der Waals surface area contributed by atoms with Crippen molar-refractivity contribution >= 4 is 0 Å². The van der Waals surface area contributed by atoms with Gasteiger partial charge in [-0.1, -0.05) is 12.5 Å². The van der Waals surface area contributed by atoms with Gasteiger partial charge in [0.2, 0.25) is 0 Å². The van der Waals surface area contributed by atoms with E-state index in [0.29, 0.717) is 6.42 Å². The Bertz CT molecular complexity index is 99.6. The van der Waals surface area contributed by atoms with Crippen LogP contribution in [0.2, 0.25) is 0 Å². The van der Waals surface area contributed by atoms with E-state index in [4.69, 9.17) is 5.26 Å². The highest BCUT2D eigenvalue weighted by atomic mass is 14.2. The van der Waals surface area contributed by atoms with Crippen LogP contribution in [0.5, 0.6) is 0 Å². The van der Waals surface area contributed by atoms with E-state index in [-0.39, 0.29) is 0 Å². The summed E-state index contributed by atoms with van der Waals surface area (Å²) < 4.78 is 0. The standard InChI is InChI=1S/C8H13N/c1-2-3-4-5-6-7-8-9/h2H,1,3-7H2. The number of nitrogens with zero attached hydrogens (tertiary/aromatic N) is 1. The smallest absolute Gasteiger partial charge is 0.0621 e. The molecule has 0 saturated heterocycles. The zero-order valence-corrected chi connectivity index (χ0v) is 5.77. The first-order valence-electron chi connectivity index (χ1n) is 3.39. The molecule has 9 heavy (non-hydrogen) atoms. The molecule has 0 rings (SSSR count). The highest BCUT2D eigenvalue weighted by Crippen LogP contribution is 2.01. The lowest BCUT2D eigenvalue weighted by atomic mass is 10.1. The number of hydrogen-bond acceptors (Lipinski definition) is 1. The molecule has 0 unspecified atom stereocenters. The molecule has 0 heterocycles. The van der Waals surface area contributed by atoms with Crippen molar-refractivity contribution in [2.45, 2.75) is 32.1 Å². The quantitative estimate of drug-likeness (QED) is 0.407. The third-order valence-corrected chi connectivity index (χ3v) is 1.20. The minimum absolute atomic E-state index is 0.705. The second-order valence-electron chi connectivity index (χ2n) is 2.05. The first-order valence-corrected chi connectivity index (χ1v) is 3.39. The lowest BCUT2D eigenvalue weighted by molar-refractivity contribution is 0.700. The molecule has 0 radical (unpaired) electrons. The molecule has 0 aromatic carbocycles. The molecule has 0 aliphatic carbocycles. The summed E-state index contributed by atoms with van der Waals surface area (Å²) in [5, 5.41) is 8.15. The van der Waals surface area contributed by atoms with Crippen molar-refractivity contribution in [3.63, 3.8) is 0 Å². The Morgan fingerprint density at radius 3 is 2.67 bits per heavy atom. The predicted octanol–water partition coefficient (Wildman–Crippen LogP) is 2.65. The van der Waals surface area contributed by atoms with Gasteiger partial charge in [0, 0.05) is 6.42 Å². The van der Waals surface area contributed by atoms with Crippen molar-refractivity contribution in [3.05, 3.63) is 12.7 Å². The van der Waals surface area contributed by atoms with Gasteiger partial charge in [0.25, 0.3) is 0 Å². The summed E-state index contributed by atoms with van der Waals surface area (Å²) in [4.78, 5) is 0. The molecule has 0 spiro atoms. The lowest BCUT2D eigenvalue weighted by Crippen LogP contribution is -1.73. The fraction of sp³-hybridized carbons (Fsp3) is 0.625. The van der Waals surface area contributed by atoms with Crippen LogP contribution in [-0.2, 0) is 0 Å². The summed E-state index contributed by atoms with van der Waals surface area (Å²) in [5.41, 5.74) is 0. The Balaban J connectivity index is 2.76. The van der Waals surface area contributed by atoms with Gasteiger partial charge in [-0.15, -0.1) is 6.58 Å². The molecule has 0 aromatic heterocycles. The zero-order valence-electron chi connectivity index (χ0n) is 5.77. The van der Waals surface area contributed by atoms with Gasteiger partial charge in [0.05, 0.1) is 6.07 Å². The van der Waals surface area contributed by atoms with Crippen molar-refractivity contribution in [1.29, 1.82) is 5.26 Å². The van der Waals surface area contributed by atoms with Crippen LogP contribution in [-0.4, -0.2) is 0 Å². The summed E-state index contributed by atoms with van der Waals surface area (Å²) in [6, 6.07) is 2.12. The molecule has 0 aromatic rings. The molecule has 0 aliphatic heterocycles. The largest absolute Gasteiger partial charge is 0.198 e. The maximum Gasteiger partial charge on any atom is 0.0621 e. The second-order valence-corrected chi connectivity index (χ2v) is 2.05. The maximum atomic E-state index is 8.15. The Kier molecular flexibility index (Phi) is 6.61. The number of nitriles is 1. The molecular weight excluding hydrogens is 110 g/mol. The molecule has 0 saturated carbocycles. The van der Waals surface area contributed by atoms with Gasteiger partial charge in [0.1, 0.15) is 0 Å². The fourth-order valence-electron chi connectivity index (χ4n) is 0.670. The third kappa shape index (κ3) is 7.23. The summed E-state index contributed by atoms with van der Waals surface area (Å²) in [6.45, 7) is 3.61. The SMILES string of the molecule is C=CCCCCCC#N. The van der Waals surface area contributed by atoms with Crippen LogP contribution in [0.25, 0.3) is 0 Å². The predicted molar refractivity (Wildman–Crippen MR) is 38.9 cm³/mol. The van der Waals surface area contributed by atoms with Crippen molar-refractivity contribution in [1.82, 2.24) is 0 Å². The zero-order chi connectivity index (χ0) is 6.95. The van der Waals surface area contributed by atoms with Crippen molar-refractivity contribution in [2.75, 3.05) is 0 Å². The molecule has 50 valence electrons. The second kappa shape index (κ2) is 7.23. The van der Waals surface area contributed by atoms with Crippen LogP contribution in [0.3, 0.4) is 0 Å². The molecule has 0 fully saturated rings. The number of unbranched alkanes of at least 4 members (excludes halogenated alkanes) is 4. The van der Waals surface area contributed by atoms with E-state index in [2.05, 4.69) is 12.6 Å². The van der Waals surface area contributed by atoms with Gasteiger partial charge < -0.3 is 0 Å². The van der Waals surface area contributed by atoms with Crippen LogP contribution in [0, 0.1) is 11.3 Å². The average Bonchev–Trinajstić information content (AvgIpc) is 1.89. The normalized spacial score (nSPS) is 8.33. The molecule has 0 atom stereocenters. The summed E-state index contributed by atoms with van der Waals surface area (Å²) in [7, 11) is 0. The monoisotopic (exact) mass is 123 g/mol. The lowest BCUT2D eigenvalue weighted by Gasteiger charge is -1.90. The third-order valence-electron chi connectivity index (χ3n) is 1.20. The van der Waals surface area contributed by atoms with Crippen molar-refractivity contribution < 1.29 is 0 Å². The number of allylic oxidation sites excluding steroid dienone is 1. The molecule has 0 amide bonds. The number of rotatable bonds is 5. The molecule has 1 nitrogen and oxygen atoms in total. The summed E-state index contributed by atoms with van der Waals surface area (Å²) >= 11 is 0. The van der Waals surface area contributed by atoms with Crippen LogP contribution < -0.4 is 0 Å².